The predicted molar refractivity (Wildman–Crippen MR) is 160 cm³/mol. The maximum absolute atomic E-state index is 13.3. The molecule has 1 aliphatic rings. The van der Waals surface area contributed by atoms with Crippen molar-refractivity contribution in [1.29, 1.82) is 0 Å². The standard InChI is InChI=1S/C36H35NO4/c1-36(2,3)41-35(40)37-34(26-13-8-5-9-14-26)27-19-17-25(18-20-27)33(24-11-6-4-7-12-24)29-22-21-28-23-30(29)32(39)16-10-15-31(28)38/h4-9,11-14,17-23,33-34H,10,15-16H2,1-3H3,(H,37,40). The van der Waals surface area contributed by atoms with Gasteiger partial charge < -0.3 is 10.1 Å². The number of carbonyl (C=O) groups is 3. The van der Waals surface area contributed by atoms with Gasteiger partial charge >= 0.3 is 6.09 Å². The molecule has 0 saturated heterocycles. The van der Waals surface area contributed by atoms with Gasteiger partial charge in [-0.2, -0.15) is 0 Å². The topological polar surface area (TPSA) is 72.5 Å². The lowest BCUT2D eigenvalue weighted by atomic mass is 9.79. The number of rotatable bonds is 6. The van der Waals surface area contributed by atoms with Crippen molar-refractivity contribution in [2.45, 2.75) is 57.6 Å². The number of hydrogen-bond acceptors (Lipinski definition) is 4. The number of ketones is 2. The highest BCUT2D eigenvalue weighted by atomic mass is 16.6. The Labute approximate surface area is 241 Å². The number of alkyl carbamates (subject to hydrolysis) is 1. The third-order valence-corrected chi connectivity index (χ3v) is 7.32. The Balaban J connectivity index is 1.56. The van der Waals surface area contributed by atoms with Crippen LogP contribution in [0.5, 0.6) is 0 Å². The average molecular weight is 546 g/mol. The summed E-state index contributed by atoms with van der Waals surface area (Å²) in [6.07, 6.45) is 0.832. The largest absolute Gasteiger partial charge is 0.444 e. The Bertz CT molecular complexity index is 1540. The first-order valence-corrected chi connectivity index (χ1v) is 14.1. The molecule has 1 N–H and O–H groups in total. The minimum absolute atomic E-state index is 0.0672. The molecule has 0 saturated carbocycles. The van der Waals surface area contributed by atoms with Crippen LogP contribution in [0.3, 0.4) is 0 Å². The van der Waals surface area contributed by atoms with E-state index in [9.17, 15) is 14.4 Å². The quantitative estimate of drug-likeness (QED) is 0.249. The second kappa shape index (κ2) is 11.9. The Hall–Kier alpha value is -4.51. The fourth-order valence-electron chi connectivity index (χ4n) is 5.42. The summed E-state index contributed by atoms with van der Waals surface area (Å²) in [6, 6.07) is 33.2. The summed E-state index contributed by atoms with van der Waals surface area (Å²) in [5.41, 5.74) is 5.39. The molecule has 1 amide bonds. The van der Waals surface area contributed by atoms with Gasteiger partial charge in [0.25, 0.3) is 0 Å². The Kier molecular flexibility index (Phi) is 8.16. The molecule has 2 unspecified atom stereocenters. The van der Waals surface area contributed by atoms with Gasteiger partial charge in [0.15, 0.2) is 11.6 Å². The zero-order valence-electron chi connectivity index (χ0n) is 23.7. The zero-order valence-corrected chi connectivity index (χ0v) is 23.7. The van der Waals surface area contributed by atoms with Crippen LogP contribution < -0.4 is 5.32 Å². The molecule has 5 nitrogen and oxygen atoms in total. The van der Waals surface area contributed by atoms with Crippen molar-refractivity contribution in [2.24, 2.45) is 0 Å². The van der Waals surface area contributed by atoms with E-state index in [2.05, 4.69) is 29.6 Å². The van der Waals surface area contributed by atoms with E-state index in [4.69, 9.17) is 4.74 Å². The summed E-state index contributed by atoms with van der Waals surface area (Å²) in [5, 5.41) is 3.04. The summed E-state index contributed by atoms with van der Waals surface area (Å²) in [5.74, 6) is -0.0604. The van der Waals surface area contributed by atoms with Gasteiger partial charge in [-0.3, -0.25) is 9.59 Å². The fraction of sp³-hybridized carbons (Fsp3) is 0.250. The molecule has 4 aromatic carbocycles. The van der Waals surface area contributed by atoms with Gasteiger partial charge in [0, 0.05) is 29.9 Å². The molecule has 5 rings (SSSR count). The van der Waals surface area contributed by atoms with Crippen molar-refractivity contribution in [3.63, 3.8) is 0 Å². The molecule has 1 aliphatic carbocycles. The Morgan fingerprint density at radius 3 is 1.88 bits per heavy atom. The monoisotopic (exact) mass is 545 g/mol. The number of benzene rings is 4. The number of amides is 1. The SMILES string of the molecule is CC(C)(C)OC(=O)NC(c1ccccc1)c1ccc(C(c2ccccc2)c2ccc3cc2C(=O)CCCC3=O)cc1. The highest BCUT2D eigenvalue weighted by Gasteiger charge is 2.27. The van der Waals surface area contributed by atoms with Crippen LogP contribution in [0.2, 0.25) is 0 Å². The predicted octanol–water partition coefficient (Wildman–Crippen LogP) is 8.03. The van der Waals surface area contributed by atoms with E-state index in [0.29, 0.717) is 30.4 Å². The minimum atomic E-state index is -0.617. The smallest absolute Gasteiger partial charge is 0.408 e. The molecule has 0 fully saturated rings. The number of carbonyl (C=O) groups excluding carboxylic acids is 3. The van der Waals surface area contributed by atoms with Gasteiger partial charge in [-0.05, 0) is 61.1 Å². The van der Waals surface area contributed by atoms with E-state index in [-0.39, 0.29) is 17.5 Å². The van der Waals surface area contributed by atoms with Crippen LogP contribution in [0.1, 0.15) is 101 Å². The summed E-state index contributed by atoms with van der Waals surface area (Å²) >= 11 is 0. The van der Waals surface area contributed by atoms with Crippen molar-refractivity contribution in [3.05, 3.63) is 142 Å². The summed E-state index contributed by atoms with van der Waals surface area (Å²) in [7, 11) is 0. The molecule has 2 bridgehead atoms. The Morgan fingerprint density at radius 1 is 0.707 bits per heavy atom. The molecule has 2 atom stereocenters. The number of hydrogen-bond donors (Lipinski definition) is 1. The molecule has 0 heterocycles. The molecule has 0 aromatic heterocycles. The molecule has 0 radical (unpaired) electrons. The summed E-state index contributed by atoms with van der Waals surface area (Å²) < 4.78 is 5.56. The van der Waals surface area contributed by atoms with E-state index in [1.54, 1.807) is 6.07 Å². The van der Waals surface area contributed by atoms with Crippen molar-refractivity contribution in [1.82, 2.24) is 5.32 Å². The van der Waals surface area contributed by atoms with Crippen LogP contribution in [0.15, 0.2) is 103 Å². The molecular formula is C36H35NO4. The average Bonchev–Trinajstić information content (AvgIpc) is 2.96. The second-order valence-corrected chi connectivity index (χ2v) is 11.5. The van der Waals surface area contributed by atoms with Crippen molar-refractivity contribution < 1.29 is 19.1 Å². The molecule has 208 valence electrons. The van der Waals surface area contributed by atoms with Gasteiger partial charge in [0.2, 0.25) is 0 Å². The van der Waals surface area contributed by atoms with Crippen LogP contribution in [-0.4, -0.2) is 23.3 Å². The molecular weight excluding hydrogens is 510 g/mol. The minimum Gasteiger partial charge on any atom is -0.444 e. The third-order valence-electron chi connectivity index (χ3n) is 7.32. The lowest BCUT2D eigenvalue weighted by molar-refractivity contribution is 0.0512. The van der Waals surface area contributed by atoms with Crippen LogP contribution in [0.4, 0.5) is 4.79 Å². The highest BCUT2D eigenvalue weighted by molar-refractivity contribution is 6.04. The van der Waals surface area contributed by atoms with Gasteiger partial charge in [-0.25, -0.2) is 4.79 Å². The molecule has 41 heavy (non-hydrogen) atoms. The number of Topliss-reactive ketones (excluding diaryl/α,β-unsaturated/α-hetero) is 2. The lowest BCUT2D eigenvalue weighted by Gasteiger charge is -2.26. The molecule has 0 aliphatic heterocycles. The van der Waals surface area contributed by atoms with Crippen LogP contribution in [0.25, 0.3) is 0 Å². The van der Waals surface area contributed by atoms with Crippen molar-refractivity contribution in [3.8, 4) is 0 Å². The maximum atomic E-state index is 13.3. The van der Waals surface area contributed by atoms with E-state index < -0.39 is 17.7 Å². The number of ether oxygens (including phenoxy) is 1. The normalized spacial score (nSPS) is 14.9. The van der Waals surface area contributed by atoms with Gasteiger partial charge in [-0.1, -0.05) is 97.1 Å². The van der Waals surface area contributed by atoms with E-state index >= 15 is 0 Å². The van der Waals surface area contributed by atoms with E-state index in [1.807, 2.05) is 93.6 Å². The second-order valence-electron chi connectivity index (χ2n) is 11.5. The van der Waals surface area contributed by atoms with Gasteiger partial charge in [-0.15, -0.1) is 0 Å². The summed E-state index contributed by atoms with van der Waals surface area (Å²) in [4.78, 5) is 38.6. The Morgan fingerprint density at radius 2 is 1.24 bits per heavy atom. The van der Waals surface area contributed by atoms with Crippen molar-refractivity contribution in [2.75, 3.05) is 0 Å². The van der Waals surface area contributed by atoms with Crippen LogP contribution in [-0.2, 0) is 4.74 Å². The number of nitrogens with one attached hydrogen (secondary N) is 1. The maximum Gasteiger partial charge on any atom is 0.408 e. The zero-order chi connectivity index (χ0) is 29.0. The first-order chi connectivity index (χ1) is 19.7. The van der Waals surface area contributed by atoms with Gasteiger partial charge in [0.05, 0.1) is 6.04 Å². The van der Waals surface area contributed by atoms with E-state index in [1.165, 1.54) is 0 Å². The van der Waals surface area contributed by atoms with Crippen LogP contribution in [0, 0.1) is 0 Å². The van der Waals surface area contributed by atoms with Gasteiger partial charge in [0.1, 0.15) is 5.60 Å². The lowest BCUT2D eigenvalue weighted by Crippen LogP contribution is -2.35. The first kappa shape index (κ1) is 28.0. The highest BCUT2D eigenvalue weighted by Crippen LogP contribution is 2.37. The molecule has 0 spiro atoms. The third kappa shape index (κ3) is 6.63. The fourth-order valence-corrected chi connectivity index (χ4v) is 5.42. The van der Waals surface area contributed by atoms with Crippen LogP contribution >= 0.6 is 0 Å². The first-order valence-electron chi connectivity index (χ1n) is 14.1. The molecule has 4 aromatic rings. The number of fused-ring (bicyclic) bond motifs is 2. The van der Waals surface area contributed by atoms with Crippen molar-refractivity contribution >= 4 is 17.7 Å². The molecule has 5 heteroatoms. The van der Waals surface area contributed by atoms with E-state index in [0.717, 1.165) is 27.8 Å². The summed E-state index contributed by atoms with van der Waals surface area (Å²) in [6.45, 7) is 5.52.